The quantitative estimate of drug-likeness (QED) is 0.339. The molecular formula is C27H34N2O3S. The molecule has 0 unspecified atom stereocenters. The minimum Gasteiger partial charge on any atom is -0.494 e. The summed E-state index contributed by atoms with van der Waals surface area (Å²) < 4.78 is 0. The topological polar surface area (TPSA) is 73.4 Å². The molecule has 0 atom stereocenters. The third-order valence-corrected chi connectivity index (χ3v) is 6.87. The lowest BCUT2D eigenvalue weighted by molar-refractivity contribution is -0.130. The molecular weight excluding hydrogens is 432 g/mol. The number of aromatic nitrogens is 1. The molecule has 33 heavy (non-hydrogen) atoms. The molecule has 3 aromatic rings. The first-order chi connectivity index (χ1) is 15.9. The Morgan fingerprint density at radius 1 is 1.06 bits per heavy atom. The van der Waals surface area contributed by atoms with Gasteiger partial charge >= 0.3 is 4.87 Å². The largest absolute Gasteiger partial charge is 0.494 e. The molecule has 1 amide bonds. The number of H-pyrrole nitrogens is 1. The van der Waals surface area contributed by atoms with Crippen LogP contribution in [0.2, 0.25) is 0 Å². The summed E-state index contributed by atoms with van der Waals surface area (Å²) in [5, 5.41) is 9.87. The van der Waals surface area contributed by atoms with Crippen molar-refractivity contribution in [1.82, 2.24) is 9.88 Å². The summed E-state index contributed by atoms with van der Waals surface area (Å²) >= 11 is 1.04. The van der Waals surface area contributed by atoms with E-state index in [4.69, 9.17) is 0 Å². The summed E-state index contributed by atoms with van der Waals surface area (Å²) in [7, 11) is 1.88. The normalized spacial score (nSPS) is 11.0. The lowest BCUT2D eigenvalue weighted by Gasteiger charge is -2.18. The zero-order chi connectivity index (χ0) is 23.8. The Balaban J connectivity index is 1.64. The van der Waals surface area contributed by atoms with Gasteiger partial charge in [-0.05, 0) is 47.2 Å². The zero-order valence-corrected chi connectivity index (χ0v) is 20.6. The van der Waals surface area contributed by atoms with Gasteiger partial charge in [0.25, 0.3) is 0 Å². The average Bonchev–Trinajstić information content (AvgIpc) is 3.11. The fraction of sp³-hybridized carbons (Fsp3) is 0.407. The van der Waals surface area contributed by atoms with Crippen LogP contribution < -0.4 is 4.87 Å². The monoisotopic (exact) mass is 466 g/mol. The number of hydrogen-bond acceptors (Lipinski definition) is 4. The first-order valence-corrected chi connectivity index (χ1v) is 12.5. The second kappa shape index (κ2) is 11.8. The Hall–Kier alpha value is -2.86. The van der Waals surface area contributed by atoms with Crippen LogP contribution >= 0.6 is 11.3 Å². The Labute approximate surface area is 200 Å². The van der Waals surface area contributed by atoms with E-state index in [1.807, 2.05) is 24.9 Å². The van der Waals surface area contributed by atoms with Crippen LogP contribution in [0.25, 0.3) is 11.1 Å². The molecule has 0 saturated carbocycles. The number of thiazole rings is 1. The van der Waals surface area contributed by atoms with Crippen molar-refractivity contribution in [3.63, 3.8) is 0 Å². The van der Waals surface area contributed by atoms with Crippen molar-refractivity contribution < 1.29 is 9.90 Å². The molecule has 0 aliphatic carbocycles. The molecule has 0 radical (unpaired) electrons. The first-order valence-electron chi connectivity index (χ1n) is 11.7. The Morgan fingerprint density at radius 2 is 1.82 bits per heavy atom. The van der Waals surface area contributed by atoms with Crippen LogP contribution in [0.5, 0.6) is 5.88 Å². The van der Waals surface area contributed by atoms with Gasteiger partial charge in [-0.1, -0.05) is 80.3 Å². The number of benzene rings is 2. The van der Waals surface area contributed by atoms with Crippen LogP contribution in [-0.2, 0) is 17.8 Å². The van der Waals surface area contributed by atoms with Gasteiger partial charge in [0.15, 0.2) is 0 Å². The Bertz CT molecular complexity index is 1130. The average molecular weight is 467 g/mol. The van der Waals surface area contributed by atoms with Gasteiger partial charge in [-0.2, -0.15) is 0 Å². The third-order valence-electron chi connectivity index (χ3n) is 5.99. The number of hydrogen-bond donors (Lipinski definition) is 2. The van der Waals surface area contributed by atoms with Crippen molar-refractivity contribution in [2.45, 2.75) is 65.3 Å². The van der Waals surface area contributed by atoms with E-state index in [2.05, 4.69) is 48.3 Å². The number of unbranched alkanes of at least 4 members (excludes halogenated alkanes) is 4. The van der Waals surface area contributed by atoms with Crippen molar-refractivity contribution >= 4 is 17.2 Å². The van der Waals surface area contributed by atoms with Crippen LogP contribution in [0.1, 0.15) is 67.0 Å². The zero-order valence-electron chi connectivity index (χ0n) is 19.8. The molecule has 2 N–H and O–H groups in total. The van der Waals surface area contributed by atoms with Crippen LogP contribution in [0.3, 0.4) is 0 Å². The number of aryl methyl sites for hydroxylation is 1. The third kappa shape index (κ3) is 7.06. The molecule has 0 aliphatic heterocycles. The van der Waals surface area contributed by atoms with Crippen LogP contribution in [0, 0.1) is 6.92 Å². The number of nitrogens with zero attached hydrogens (tertiary/aromatic N) is 1. The first kappa shape index (κ1) is 24.8. The lowest BCUT2D eigenvalue weighted by Crippen LogP contribution is -2.25. The fourth-order valence-electron chi connectivity index (χ4n) is 4.00. The minimum absolute atomic E-state index is 0.0409. The molecule has 1 heterocycles. The van der Waals surface area contributed by atoms with Gasteiger partial charge in [-0.25, -0.2) is 0 Å². The molecule has 0 bridgehead atoms. The molecule has 176 valence electrons. The molecule has 0 spiro atoms. The standard InChI is InChI=1S/C27H34N2O3S/c1-4-5-6-7-8-12-25(30)29(3)18-20-10-9-11-22(16-20)23-14-13-21(19(2)15-23)17-24-26(31)28-27(32)33-24/h9-11,13-16,31H,4-8,12,17-18H2,1-3H3,(H,28,32). The highest BCUT2D eigenvalue weighted by molar-refractivity contribution is 7.09. The molecule has 2 aromatic carbocycles. The summed E-state index contributed by atoms with van der Waals surface area (Å²) in [6.07, 6.45) is 6.89. The molecule has 0 fully saturated rings. The lowest BCUT2D eigenvalue weighted by atomic mass is 9.97. The van der Waals surface area contributed by atoms with E-state index in [1.165, 1.54) is 19.3 Å². The highest BCUT2D eigenvalue weighted by atomic mass is 32.1. The summed E-state index contributed by atoms with van der Waals surface area (Å²) in [5.74, 6) is 0.160. The highest BCUT2D eigenvalue weighted by Crippen LogP contribution is 2.27. The molecule has 0 aliphatic rings. The van der Waals surface area contributed by atoms with Gasteiger partial charge in [-0.15, -0.1) is 0 Å². The Morgan fingerprint density at radius 3 is 2.52 bits per heavy atom. The van der Waals surface area contributed by atoms with E-state index in [-0.39, 0.29) is 16.7 Å². The van der Waals surface area contributed by atoms with Gasteiger partial charge in [-0.3, -0.25) is 14.6 Å². The van der Waals surface area contributed by atoms with Gasteiger partial charge in [0.2, 0.25) is 11.8 Å². The number of amides is 1. The maximum atomic E-state index is 12.5. The number of aromatic hydroxyl groups is 1. The molecule has 6 heteroatoms. The predicted molar refractivity (Wildman–Crippen MR) is 136 cm³/mol. The van der Waals surface area contributed by atoms with Gasteiger partial charge < -0.3 is 10.0 Å². The van der Waals surface area contributed by atoms with Crippen molar-refractivity contribution in [3.8, 4) is 17.0 Å². The maximum Gasteiger partial charge on any atom is 0.307 e. The summed E-state index contributed by atoms with van der Waals surface area (Å²) in [5.41, 5.74) is 5.50. The van der Waals surface area contributed by atoms with Gasteiger partial charge in [0, 0.05) is 26.4 Å². The van der Waals surface area contributed by atoms with E-state index in [0.29, 0.717) is 24.3 Å². The second-order valence-electron chi connectivity index (χ2n) is 8.72. The number of nitrogens with one attached hydrogen (secondary N) is 1. The van der Waals surface area contributed by atoms with E-state index in [9.17, 15) is 14.7 Å². The SMILES string of the molecule is CCCCCCCC(=O)N(C)Cc1cccc(-c2ccc(Cc3sc(=O)[nH]c3O)c(C)c2)c1. The fourth-order valence-corrected chi connectivity index (χ4v) is 4.75. The summed E-state index contributed by atoms with van der Waals surface area (Å²) in [6.45, 7) is 4.84. The molecule has 5 nitrogen and oxygen atoms in total. The van der Waals surface area contributed by atoms with Crippen molar-refractivity contribution in [2.24, 2.45) is 0 Å². The Kier molecular flexibility index (Phi) is 8.89. The van der Waals surface area contributed by atoms with E-state index in [1.54, 1.807) is 0 Å². The van der Waals surface area contributed by atoms with Crippen molar-refractivity contribution in [1.29, 1.82) is 0 Å². The van der Waals surface area contributed by atoms with Crippen LogP contribution in [0.4, 0.5) is 0 Å². The highest BCUT2D eigenvalue weighted by Gasteiger charge is 2.12. The molecule has 0 saturated heterocycles. The number of carbonyl (C=O) groups is 1. The van der Waals surface area contributed by atoms with Gasteiger partial charge in [0.05, 0.1) is 4.88 Å². The summed E-state index contributed by atoms with van der Waals surface area (Å²) in [6, 6.07) is 14.6. The van der Waals surface area contributed by atoms with Crippen molar-refractivity contribution in [2.75, 3.05) is 7.05 Å². The molecule has 1 aromatic heterocycles. The maximum absolute atomic E-state index is 12.5. The second-order valence-corrected chi connectivity index (χ2v) is 9.79. The smallest absolute Gasteiger partial charge is 0.307 e. The molecule has 3 rings (SSSR count). The van der Waals surface area contributed by atoms with E-state index < -0.39 is 0 Å². The van der Waals surface area contributed by atoms with E-state index >= 15 is 0 Å². The summed E-state index contributed by atoms with van der Waals surface area (Å²) in [4.78, 5) is 28.6. The minimum atomic E-state index is -0.242. The number of rotatable bonds is 11. The van der Waals surface area contributed by atoms with Gasteiger partial charge in [0.1, 0.15) is 0 Å². The predicted octanol–water partition coefficient (Wildman–Crippen LogP) is 6.03. The van der Waals surface area contributed by atoms with Crippen molar-refractivity contribution in [3.05, 3.63) is 73.7 Å². The van der Waals surface area contributed by atoms with Crippen LogP contribution in [0.15, 0.2) is 47.3 Å². The van der Waals surface area contributed by atoms with Crippen LogP contribution in [-0.4, -0.2) is 27.9 Å². The number of carbonyl (C=O) groups excluding carboxylic acids is 1. The van der Waals surface area contributed by atoms with E-state index in [0.717, 1.165) is 52.0 Å². The number of aromatic amines is 1.